The second-order valence-corrected chi connectivity index (χ2v) is 6.38. The third kappa shape index (κ3) is 3.80. The number of nitrogens with zero attached hydrogens (tertiary/aromatic N) is 2. The van der Waals surface area contributed by atoms with Gasteiger partial charge >= 0.3 is 5.97 Å². The van der Waals surface area contributed by atoms with Gasteiger partial charge in [-0.3, -0.25) is 9.59 Å². The maximum absolute atomic E-state index is 12.6. The number of hydrogen-bond acceptors (Lipinski definition) is 5. The molecule has 6 nitrogen and oxygen atoms in total. The lowest BCUT2D eigenvalue weighted by Gasteiger charge is -2.14. The van der Waals surface area contributed by atoms with Crippen molar-refractivity contribution in [3.8, 4) is 0 Å². The summed E-state index contributed by atoms with van der Waals surface area (Å²) < 4.78 is 0. The molecular weight excluding hydrogens is 326 g/mol. The minimum Gasteiger partial charge on any atom is -0.481 e. The summed E-state index contributed by atoms with van der Waals surface area (Å²) in [5, 5.41) is 8.68. The van der Waals surface area contributed by atoms with Crippen LogP contribution < -0.4 is 0 Å². The van der Waals surface area contributed by atoms with Crippen LogP contribution in [0.1, 0.15) is 27.9 Å². The Balaban J connectivity index is 1.80. The second-order valence-electron chi connectivity index (χ2n) is 5.19. The Bertz CT molecular complexity index is 831. The maximum Gasteiger partial charge on any atom is 0.313 e. The second kappa shape index (κ2) is 7.27. The number of carboxylic acids is 1. The van der Waals surface area contributed by atoms with E-state index in [0.717, 1.165) is 5.56 Å². The van der Waals surface area contributed by atoms with Crippen LogP contribution in [0.3, 0.4) is 0 Å². The summed E-state index contributed by atoms with van der Waals surface area (Å²) in [6, 6.07) is 13.0. The number of benzene rings is 1. The highest BCUT2D eigenvalue weighted by Gasteiger charge is 2.21. The maximum atomic E-state index is 12.6. The van der Waals surface area contributed by atoms with Gasteiger partial charge < -0.3 is 10.1 Å². The van der Waals surface area contributed by atoms with Crippen molar-refractivity contribution in [2.75, 3.05) is 5.75 Å². The highest BCUT2D eigenvalue weighted by atomic mass is 32.2. The Morgan fingerprint density at radius 3 is 2.67 bits per heavy atom. The van der Waals surface area contributed by atoms with Crippen molar-refractivity contribution in [1.29, 1.82) is 0 Å². The topological polar surface area (TPSA) is 95.9 Å². The average molecular weight is 341 g/mol. The molecular formula is C17H15N3O3S. The van der Waals surface area contributed by atoms with Gasteiger partial charge in [-0.15, -0.1) is 11.8 Å². The Morgan fingerprint density at radius 2 is 1.96 bits per heavy atom. The molecule has 3 aromatic rings. The molecule has 0 radical (unpaired) electrons. The van der Waals surface area contributed by atoms with E-state index in [-0.39, 0.29) is 29.0 Å². The predicted molar refractivity (Wildman–Crippen MR) is 92.1 cm³/mol. The van der Waals surface area contributed by atoms with Gasteiger partial charge in [-0.2, -0.15) is 0 Å². The molecule has 2 aromatic heterocycles. The lowest BCUT2D eigenvalue weighted by molar-refractivity contribution is -0.133. The zero-order chi connectivity index (χ0) is 16.9. The molecule has 3 rings (SSSR count). The van der Waals surface area contributed by atoms with Gasteiger partial charge in [0.15, 0.2) is 17.3 Å². The lowest BCUT2D eigenvalue weighted by atomic mass is 10.1. The van der Waals surface area contributed by atoms with Gasteiger partial charge in [0.25, 0.3) is 0 Å². The van der Waals surface area contributed by atoms with Crippen molar-refractivity contribution in [3.05, 3.63) is 60.0 Å². The van der Waals surface area contributed by atoms with Crippen molar-refractivity contribution in [2.24, 2.45) is 0 Å². The van der Waals surface area contributed by atoms with Crippen molar-refractivity contribution in [3.63, 3.8) is 0 Å². The van der Waals surface area contributed by atoms with Crippen molar-refractivity contribution >= 4 is 34.7 Å². The smallest absolute Gasteiger partial charge is 0.313 e. The first-order valence-electron chi connectivity index (χ1n) is 7.36. The number of carbonyl (C=O) groups is 2. The number of nitrogens with one attached hydrogen (secondary N) is 1. The van der Waals surface area contributed by atoms with E-state index in [9.17, 15) is 9.59 Å². The van der Waals surface area contributed by atoms with Gasteiger partial charge in [0, 0.05) is 17.9 Å². The van der Waals surface area contributed by atoms with E-state index < -0.39 is 5.97 Å². The summed E-state index contributed by atoms with van der Waals surface area (Å²) in [6.45, 7) is 0. The highest BCUT2D eigenvalue weighted by Crippen LogP contribution is 2.33. The van der Waals surface area contributed by atoms with E-state index in [1.807, 2.05) is 30.3 Å². The molecule has 2 N–H and O–H groups in total. The number of ketones is 1. The first-order valence-corrected chi connectivity index (χ1v) is 8.40. The number of aromatic amines is 1. The number of imidazole rings is 1. The molecule has 2 heterocycles. The van der Waals surface area contributed by atoms with Crippen molar-refractivity contribution in [2.45, 2.75) is 11.7 Å². The molecule has 0 aliphatic heterocycles. The van der Waals surface area contributed by atoms with E-state index in [1.54, 1.807) is 18.3 Å². The van der Waals surface area contributed by atoms with Crippen LogP contribution in [0.25, 0.3) is 11.2 Å². The Kier molecular flexibility index (Phi) is 4.90. The molecule has 0 amide bonds. The minimum atomic E-state index is -0.902. The van der Waals surface area contributed by atoms with E-state index in [4.69, 9.17) is 5.11 Å². The van der Waals surface area contributed by atoms with Crippen LogP contribution >= 0.6 is 11.8 Å². The molecule has 1 atom stereocenters. The first kappa shape index (κ1) is 16.2. The van der Waals surface area contributed by atoms with E-state index in [0.29, 0.717) is 11.2 Å². The van der Waals surface area contributed by atoms with Gasteiger partial charge in [-0.25, -0.2) is 9.97 Å². The van der Waals surface area contributed by atoms with Crippen LogP contribution in [0.4, 0.5) is 0 Å². The monoisotopic (exact) mass is 341 g/mol. The van der Waals surface area contributed by atoms with Crippen molar-refractivity contribution < 1.29 is 14.7 Å². The number of aliphatic carboxylic acids is 1. The Hall–Kier alpha value is -2.67. The molecule has 0 fully saturated rings. The van der Waals surface area contributed by atoms with Crippen LogP contribution in [-0.4, -0.2) is 37.6 Å². The predicted octanol–water partition coefficient (Wildman–Crippen LogP) is 3.09. The highest BCUT2D eigenvalue weighted by molar-refractivity contribution is 8.00. The molecule has 1 unspecified atom stereocenters. The van der Waals surface area contributed by atoms with E-state index in [1.165, 1.54) is 11.8 Å². The third-order valence-electron chi connectivity index (χ3n) is 3.47. The van der Waals surface area contributed by atoms with Gasteiger partial charge in [0.05, 0.1) is 11.3 Å². The number of carboxylic acid groups (broad SMARTS) is 1. The number of carbonyl (C=O) groups excluding carboxylic acids is 1. The fourth-order valence-electron chi connectivity index (χ4n) is 2.35. The molecule has 7 heteroatoms. The fraction of sp³-hybridized carbons (Fsp3) is 0.176. The number of Topliss-reactive ketones (excluding diaryl/α,β-unsaturated/α-hetero) is 1. The van der Waals surface area contributed by atoms with Gasteiger partial charge in [0.2, 0.25) is 0 Å². The number of hydrogen-bond donors (Lipinski definition) is 2. The van der Waals surface area contributed by atoms with Crippen molar-refractivity contribution in [1.82, 2.24) is 15.0 Å². The Morgan fingerprint density at radius 1 is 1.17 bits per heavy atom. The van der Waals surface area contributed by atoms with Gasteiger partial charge in [-0.1, -0.05) is 30.3 Å². The number of fused-ring (bicyclic) bond motifs is 1. The van der Waals surface area contributed by atoms with Crippen LogP contribution in [0.15, 0.2) is 48.7 Å². The molecule has 0 aliphatic rings. The molecule has 0 saturated heterocycles. The number of rotatable bonds is 7. The van der Waals surface area contributed by atoms with E-state index in [2.05, 4.69) is 15.0 Å². The zero-order valence-electron chi connectivity index (χ0n) is 12.7. The molecule has 0 bridgehead atoms. The third-order valence-corrected chi connectivity index (χ3v) is 4.73. The quantitative estimate of drug-likeness (QED) is 0.641. The fourth-order valence-corrected chi connectivity index (χ4v) is 3.32. The molecule has 122 valence electrons. The molecule has 0 spiro atoms. The zero-order valence-corrected chi connectivity index (χ0v) is 13.5. The summed E-state index contributed by atoms with van der Waals surface area (Å²) in [5.74, 6) is -0.879. The summed E-state index contributed by atoms with van der Waals surface area (Å²) in [5.41, 5.74) is 2.12. The largest absolute Gasteiger partial charge is 0.481 e. The molecule has 1 aromatic carbocycles. The number of pyridine rings is 1. The van der Waals surface area contributed by atoms with Crippen LogP contribution in [-0.2, 0) is 4.79 Å². The lowest BCUT2D eigenvalue weighted by Crippen LogP contribution is -2.09. The molecule has 0 aliphatic carbocycles. The SMILES string of the molecule is O=C(O)CSC(CC(=O)c1nc2ncccc2[nH]1)c1ccccc1. The van der Waals surface area contributed by atoms with Gasteiger partial charge in [-0.05, 0) is 17.7 Å². The molecule has 0 saturated carbocycles. The summed E-state index contributed by atoms with van der Waals surface area (Å²) in [6.07, 6.45) is 1.79. The summed E-state index contributed by atoms with van der Waals surface area (Å²) in [7, 11) is 0. The number of aromatic nitrogens is 3. The Labute approximate surface area is 142 Å². The van der Waals surface area contributed by atoms with Gasteiger partial charge in [0.1, 0.15) is 0 Å². The summed E-state index contributed by atoms with van der Waals surface area (Å²) in [4.78, 5) is 34.7. The average Bonchev–Trinajstić information content (AvgIpc) is 3.03. The molecule has 24 heavy (non-hydrogen) atoms. The summed E-state index contributed by atoms with van der Waals surface area (Å²) >= 11 is 1.23. The normalized spacial score (nSPS) is 12.2. The van der Waals surface area contributed by atoms with Crippen LogP contribution in [0.2, 0.25) is 0 Å². The number of thioether (sulfide) groups is 1. The van der Waals surface area contributed by atoms with E-state index >= 15 is 0 Å². The standard InChI is InChI=1S/C17H15N3O3S/c21-13(17-19-12-7-4-8-18-16(12)20-17)9-14(24-10-15(22)23)11-5-2-1-3-6-11/h1-8,14H,9-10H2,(H,22,23)(H,18,19,20). The number of H-pyrrole nitrogens is 1. The van der Waals surface area contributed by atoms with Crippen LogP contribution in [0.5, 0.6) is 0 Å². The minimum absolute atomic E-state index is 0.0610. The first-order chi connectivity index (χ1) is 11.6. The van der Waals surface area contributed by atoms with Crippen LogP contribution in [0, 0.1) is 0 Å².